The van der Waals surface area contributed by atoms with Crippen LogP contribution in [0.4, 0.5) is 0 Å². The summed E-state index contributed by atoms with van der Waals surface area (Å²) in [6, 6.07) is 0. The third-order valence-corrected chi connectivity index (χ3v) is 2.20. The maximum Gasteiger partial charge on any atom is 0.334 e. The summed E-state index contributed by atoms with van der Waals surface area (Å²) in [7, 11) is 0. The number of esters is 1. The summed E-state index contributed by atoms with van der Waals surface area (Å²) in [6.45, 7) is 11.3. The van der Waals surface area contributed by atoms with Crippen molar-refractivity contribution in [1.29, 1.82) is 0 Å². The van der Waals surface area contributed by atoms with Crippen molar-refractivity contribution in [1.82, 2.24) is 5.32 Å². The first-order valence-electron chi connectivity index (χ1n) is 5.98. The Hall–Kier alpha value is -1.62. The number of likely N-dealkylation sites (N-methyl/N-ethyl adjacent to an activating group) is 1. The molecule has 1 unspecified atom stereocenters. The van der Waals surface area contributed by atoms with Crippen molar-refractivity contribution >= 4 is 11.9 Å². The number of carbonyl (C=O) groups excluding carboxylic acids is 2. The smallest absolute Gasteiger partial charge is 0.334 e. The standard InChI is InChI=1S/C13H22N2O3/c1-5-15-12(16)9(2)7-6-8-10(3)13(17)18-11(4)14/h11H,2-3,5-8,14H2,1,4H3,(H,15,16). The molecule has 0 saturated heterocycles. The van der Waals surface area contributed by atoms with Gasteiger partial charge in [-0.05, 0) is 33.1 Å². The van der Waals surface area contributed by atoms with Crippen molar-refractivity contribution in [3.63, 3.8) is 0 Å². The van der Waals surface area contributed by atoms with Crippen molar-refractivity contribution in [2.75, 3.05) is 6.54 Å². The first-order chi connectivity index (χ1) is 8.38. The van der Waals surface area contributed by atoms with Gasteiger partial charge in [-0.1, -0.05) is 13.2 Å². The molecule has 0 radical (unpaired) electrons. The minimum absolute atomic E-state index is 0.152. The maximum atomic E-state index is 11.4. The second-order valence-electron chi connectivity index (χ2n) is 4.03. The lowest BCUT2D eigenvalue weighted by molar-refractivity contribution is -0.143. The highest BCUT2D eigenvalue weighted by molar-refractivity contribution is 5.92. The highest BCUT2D eigenvalue weighted by Crippen LogP contribution is 2.11. The van der Waals surface area contributed by atoms with Crippen LogP contribution in [0, 0.1) is 0 Å². The van der Waals surface area contributed by atoms with Crippen molar-refractivity contribution in [3.05, 3.63) is 24.3 Å². The van der Waals surface area contributed by atoms with E-state index in [4.69, 9.17) is 10.5 Å². The monoisotopic (exact) mass is 254 g/mol. The molecule has 0 aliphatic heterocycles. The molecule has 0 aromatic heterocycles. The summed E-state index contributed by atoms with van der Waals surface area (Å²) in [5, 5.41) is 2.66. The molecule has 0 bridgehead atoms. The first-order valence-corrected chi connectivity index (χ1v) is 5.98. The number of hydrogen-bond donors (Lipinski definition) is 2. The molecule has 0 saturated carbocycles. The van der Waals surface area contributed by atoms with Crippen molar-refractivity contribution < 1.29 is 14.3 Å². The van der Waals surface area contributed by atoms with Crippen LogP contribution in [0.1, 0.15) is 33.1 Å². The Morgan fingerprint density at radius 1 is 1.28 bits per heavy atom. The van der Waals surface area contributed by atoms with Gasteiger partial charge in [0.05, 0.1) is 0 Å². The van der Waals surface area contributed by atoms with Gasteiger partial charge in [0.15, 0.2) is 0 Å². The molecule has 0 heterocycles. The van der Waals surface area contributed by atoms with E-state index in [-0.39, 0.29) is 5.91 Å². The largest absolute Gasteiger partial charge is 0.444 e. The van der Waals surface area contributed by atoms with Crippen LogP contribution in [0.25, 0.3) is 0 Å². The van der Waals surface area contributed by atoms with E-state index in [1.165, 1.54) is 0 Å². The number of ether oxygens (including phenoxy) is 1. The molecular weight excluding hydrogens is 232 g/mol. The summed E-state index contributed by atoms with van der Waals surface area (Å²) in [5.41, 5.74) is 6.19. The molecule has 1 amide bonds. The molecular formula is C13H22N2O3. The second-order valence-corrected chi connectivity index (χ2v) is 4.03. The summed E-state index contributed by atoms with van der Waals surface area (Å²) in [5.74, 6) is -0.644. The number of carbonyl (C=O) groups is 2. The predicted octanol–water partition coefficient (Wildman–Crippen LogP) is 1.25. The zero-order chi connectivity index (χ0) is 14.1. The van der Waals surface area contributed by atoms with Crippen molar-refractivity contribution in [3.8, 4) is 0 Å². The highest BCUT2D eigenvalue weighted by Gasteiger charge is 2.11. The Morgan fingerprint density at radius 2 is 1.83 bits per heavy atom. The molecule has 3 N–H and O–H groups in total. The van der Waals surface area contributed by atoms with Crippen LogP contribution in [-0.4, -0.2) is 24.6 Å². The first kappa shape index (κ1) is 16.4. The van der Waals surface area contributed by atoms with E-state index >= 15 is 0 Å². The normalized spacial score (nSPS) is 11.5. The number of nitrogens with one attached hydrogen (secondary N) is 1. The SMILES string of the molecule is C=C(CCCC(=C)C(=O)OC(C)N)C(=O)NCC. The van der Waals surface area contributed by atoms with E-state index in [1.807, 2.05) is 6.92 Å². The van der Waals surface area contributed by atoms with Crippen LogP contribution < -0.4 is 11.1 Å². The molecule has 0 fully saturated rings. The molecule has 18 heavy (non-hydrogen) atoms. The van der Waals surface area contributed by atoms with Gasteiger partial charge in [0.25, 0.3) is 0 Å². The summed E-state index contributed by atoms with van der Waals surface area (Å²) >= 11 is 0. The molecule has 5 nitrogen and oxygen atoms in total. The fourth-order valence-electron chi connectivity index (χ4n) is 1.27. The number of nitrogens with two attached hydrogens (primary N) is 1. The van der Waals surface area contributed by atoms with Gasteiger partial charge in [-0.25, -0.2) is 4.79 Å². The van der Waals surface area contributed by atoms with Crippen LogP contribution in [-0.2, 0) is 14.3 Å². The lowest BCUT2D eigenvalue weighted by Gasteiger charge is -2.10. The van der Waals surface area contributed by atoms with E-state index in [0.29, 0.717) is 37.0 Å². The third kappa shape index (κ3) is 6.85. The van der Waals surface area contributed by atoms with Gasteiger partial charge in [0.1, 0.15) is 6.23 Å². The molecule has 102 valence electrons. The molecule has 0 aliphatic rings. The second kappa shape index (κ2) is 8.47. The number of rotatable bonds is 8. The van der Waals surface area contributed by atoms with Crippen LogP contribution >= 0.6 is 0 Å². The zero-order valence-corrected chi connectivity index (χ0v) is 11.1. The van der Waals surface area contributed by atoms with E-state index < -0.39 is 12.2 Å². The average Bonchev–Trinajstić information content (AvgIpc) is 2.27. The van der Waals surface area contributed by atoms with Gasteiger partial charge in [0.2, 0.25) is 5.91 Å². The molecule has 0 aromatic rings. The Labute approximate surface area is 108 Å². The summed E-state index contributed by atoms with van der Waals surface area (Å²) < 4.78 is 4.79. The Balaban J connectivity index is 3.91. The Kier molecular flexibility index (Phi) is 7.71. The van der Waals surface area contributed by atoms with Crippen molar-refractivity contribution in [2.24, 2.45) is 5.73 Å². The third-order valence-electron chi connectivity index (χ3n) is 2.20. The van der Waals surface area contributed by atoms with E-state index in [1.54, 1.807) is 6.92 Å². The predicted molar refractivity (Wildman–Crippen MR) is 70.6 cm³/mol. The minimum atomic E-state index is -0.639. The maximum absolute atomic E-state index is 11.4. The van der Waals surface area contributed by atoms with Gasteiger partial charge in [-0.3, -0.25) is 10.5 Å². The average molecular weight is 254 g/mol. The fourth-order valence-corrected chi connectivity index (χ4v) is 1.27. The molecule has 1 atom stereocenters. The molecule has 0 rings (SSSR count). The van der Waals surface area contributed by atoms with Gasteiger partial charge < -0.3 is 10.1 Å². The van der Waals surface area contributed by atoms with Gasteiger partial charge in [0, 0.05) is 17.7 Å². The minimum Gasteiger partial charge on any atom is -0.444 e. The molecule has 0 aromatic carbocycles. The quantitative estimate of drug-likeness (QED) is 0.388. The van der Waals surface area contributed by atoms with E-state index in [0.717, 1.165) is 0 Å². The van der Waals surface area contributed by atoms with E-state index in [9.17, 15) is 9.59 Å². The topological polar surface area (TPSA) is 81.4 Å². The molecule has 5 heteroatoms. The number of hydrogen-bond acceptors (Lipinski definition) is 4. The lowest BCUT2D eigenvalue weighted by Crippen LogP contribution is -2.24. The number of amides is 1. The van der Waals surface area contributed by atoms with E-state index in [2.05, 4.69) is 18.5 Å². The zero-order valence-electron chi connectivity index (χ0n) is 11.1. The Morgan fingerprint density at radius 3 is 2.33 bits per heavy atom. The van der Waals surface area contributed by atoms with Crippen LogP contribution in [0.15, 0.2) is 24.3 Å². The highest BCUT2D eigenvalue weighted by atomic mass is 16.6. The van der Waals surface area contributed by atoms with Gasteiger partial charge in [-0.2, -0.15) is 0 Å². The van der Waals surface area contributed by atoms with Crippen LogP contribution in [0.5, 0.6) is 0 Å². The molecule has 0 spiro atoms. The Bertz CT molecular complexity index is 335. The van der Waals surface area contributed by atoms with Gasteiger partial charge in [-0.15, -0.1) is 0 Å². The van der Waals surface area contributed by atoms with Crippen molar-refractivity contribution in [2.45, 2.75) is 39.3 Å². The molecule has 0 aliphatic carbocycles. The fraction of sp³-hybridized carbons (Fsp3) is 0.538. The van der Waals surface area contributed by atoms with Crippen LogP contribution in [0.3, 0.4) is 0 Å². The van der Waals surface area contributed by atoms with Crippen LogP contribution in [0.2, 0.25) is 0 Å². The summed E-state index contributed by atoms with van der Waals surface area (Å²) in [4.78, 5) is 22.7. The lowest BCUT2D eigenvalue weighted by atomic mass is 10.1. The summed E-state index contributed by atoms with van der Waals surface area (Å²) in [6.07, 6.45) is 0.975. The van der Waals surface area contributed by atoms with Gasteiger partial charge >= 0.3 is 5.97 Å².